The van der Waals surface area contributed by atoms with Crippen LogP contribution in [0.3, 0.4) is 0 Å². The third-order valence-corrected chi connectivity index (χ3v) is 10.0. The number of carbonyl (C=O) groups excluding carboxylic acids is 3. The van der Waals surface area contributed by atoms with Crippen LogP contribution < -0.4 is 0 Å². The minimum Gasteiger partial charge on any atom is -0.462 e. The fraction of sp³-hybridized carbons (Fsp3) is 0.880. The number of hydrogen-bond acceptors (Lipinski definition) is 6. The molecule has 0 bridgehead atoms. The van der Waals surface area contributed by atoms with Crippen LogP contribution in [0.5, 0.6) is 0 Å². The van der Waals surface area contributed by atoms with Crippen molar-refractivity contribution in [3.05, 3.63) is 0 Å². The Morgan fingerprint density at radius 1 is 1.00 bits per heavy atom. The molecule has 0 aromatic heterocycles. The zero-order valence-corrected chi connectivity index (χ0v) is 19.3. The minimum atomic E-state index is -0.749. The van der Waals surface area contributed by atoms with Crippen molar-refractivity contribution in [2.24, 2.45) is 40.4 Å². The molecule has 1 spiro atoms. The molecular formula is C25H36O6. The lowest BCUT2D eigenvalue weighted by atomic mass is 9.43. The van der Waals surface area contributed by atoms with Crippen LogP contribution >= 0.6 is 0 Å². The first-order valence-corrected chi connectivity index (χ1v) is 12.1. The summed E-state index contributed by atoms with van der Waals surface area (Å²) in [5, 5.41) is 0. The molecule has 0 aromatic rings. The van der Waals surface area contributed by atoms with Crippen molar-refractivity contribution in [1.29, 1.82) is 0 Å². The van der Waals surface area contributed by atoms with Gasteiger partial charge in [0, 0.05) is 30.6 Å². The summed E-state index contributed by atoms with van der Waals surface area (Å²) in [6.07, 6.45) is 5.29. The fourth-order valence-corrected chi connectivity index (χ4v) is 8.85. The summed E-state index contributed by atoms with van der Waals surface area (Å²) in [6.45, 7) is 8.61. The first-order valence-electron chi connectivity index (χ1n) is 12.1. The van der Waals surface area contributed by atoms with Gasteiger partial charge in [0.2, 0.25) is 0 Å². The van der Waals surface area contributed by atoms with Gasteiger partial charge in [-0.25, -0.2) is 0 Å². The van der Waals surface area contributed by atoms with E-state index in [2.05, 4.69) is 13.8 Å². The van der Waals surface area contributed by atoms with E-state index in [0.717, 1.165) is 32.1 Å². The second-order valence-electron chi connectivity index (χ2n) is 11.4. The predicted octanol–water partition coefficient (Wildman–Crippen LogP) is 3.70. The molecule has 4 aliphatic carbocycles. The predicted molar refractivity (Wildman–Crippen MR) is 112 cm³/mol. The molecule has 0 radical (unpaired) electrons. The molecule has 8 atom stereocenters. The minimum absolute atomic E-state index is 0.00480. The van der Waals surface area contributed by atoms with Gasteiger partial charge in [0.25, 0.3) is 0 Å². The molecule has 0 aromatic carbocycles. The van der Waals surface area contributed by atoms with E-state index >= 15 is 0 Å². The molecule has 172 valence electrons. The van der Waals surface area contributed by atoms with Crippen molar-refractivity contribution in [1.82, 2.24) is 0 Å². The highest BCUT2D eigenvalue weighted by atomic mass is 16.7. The molecule has 1 heterocycles. The van der Waals surface area contributed by atoms with Crippen LogP contribution in [-0.4, -0.2) is 42.6 Å². The lowest BCUT2D eigenvalue weighted by Crippen LogP contribution is -2.64. The maximum Gasteiger partial charge on any atom is 0.302 e. The lowest BCUT2D eigenvalue weighted by Gasteiger charge is -2.62. The zero-order valence-electron chi connectivity index (χ0n) is 19.3. The molecule has 4 saturated carbocycles. The van der Waals surface area contributed by atoms with E-state index < -0.39 is 11.2 Å². The summed E-state index contributed by atoms with van der Waals surface area (Å²) in [6, 6.07) is 0. The van der Waals surface area contributed by atoms with Gasteiger partial charge in [0.15, 0.2) is 5.79 Å². The number of Topliss-reactive ketones (excluding diaryl/α,β-unsaturated/α-hetero) is 2. The second-order valence-corrected chi connectivity index (χ2v) is 11.4. The Kier molecular flexibility index (Phi) is 4.95. The summed E-state index contributed by atoms with van der Waals surface area (Å²) < 4.78 is 17.8. The molecule has 1 saturated heterocycles. The Balaban J connectivity index is 1.53. The third-order valence-electron chi connectivity index (χ3n) is 10.0. The molecule has 0 unspecified atom stereocenters. The highest BCUT2D eigenvalue weighted by molar-refractivity contribution is 5.87. The largest absolute Gasteiger partial charge is 0.462 e. The van der Waals surface area contributed by atoms with Crippen molar-refractivity contribution in [2.45, 2.75) is 84.5 Å². The van der Waals surface area contributed by atoms with Gasteiger partial charge >= 0.3 is 5.97 Å². The molecule has 5 fully saturated rings. The van der Waals surface area contributed by atoms with E-state index in [1.165, 1.54) is 6.92 Å². The van der Waals surface area contributed by atoms with Gasteiger partial charge in [-0.2, -0.15) is 0 Å². The van der Waals surface area contributed by atoms with Crippen LogP contribution in [0.15, 0.2) is 0 Å². The van der Waals surface area contributed by atoms with Gasteiger partial charge in [-0.3, -0.25) is 14.4 Å². The van der Waals surface area contributed by atoms with Gasteiger partial charge in [-0.05, 0) is 62.2 Å². The SMILES string of the molecule is CC(=O)O[C@@H]1C[C@@]2(C)[C@H](CC[C@H]2C(C)=O)[C@H]2CC[C@H]3CC4(CC(=O)[C@]3(C)[C@@H]21)OCCO4. The second kappa shape index (κ2) is 7.11. The third kappa shape index (κ3) is 3.00. The number of ketones is 2. The van der Waals surface area contributed by atoms with Crippen LogP contribution in [-0.2, 0) is 28.6 Å². The number of esters is 1. The summed E-state index contributed by atoms with van der Waals surface area (Å²) in [5.41, 5.74) is -0.702. The van der Waals surface area contributed by atoms with Crippen LogP contribution in [0.4, 0.5) is 0 Å². The summed E-state index contributed by atoms with van der Waals surface area (Å²) in [4.78, 5) is 38.4. The number of carbonyl (C=O) groups is 3. The van der Waals surface area contributed by atoms with Crippen molar-refractivity contribution in [3.8, 4) is 0 Å². The molecule has 6 heteroatoms. The first-order chi connectivity index (χ1) is 14.6. The van der Waals surface area contributed by atoms with Gasteiger partial charge in [0.1, 0.15) is 17.7 Å². The molecule has 6 nitrogen and oxygen atoms in total. The Morgan fingerprint density at radius 3 is 2.35 bits per heavy atom. The standard InChI is InChI=1S/C25H36O6/c1-14(26)18-7-8-19-17-6-5-16-11-25(29-9-10-30-25)13-21(28)24(16,4)22(17)20(31-15(2)27)12-23(18,19)3/h16-20,22H,5-13H2,1-4H3/t16-,17+,18-,19+,20+,22-,23+,24+/m0/s1. The Labute approximate surface area is 184 Å². The zero-order chi connectivity index (χ0) is 22.2. The van der Waals surface area contributed by atoms with Gasteiger partial charge < -0.3 is 14.2 Å². The molecule has 5 rings (SSSR count). The quantitative estimate of drug-likeness (QED) is 0.619. The van der Waals surface area contributed by atoms with Crippen LogP contribution in [0, 0.1) is 40.4 Å². The number of ether oxygens (including phenoxy) is 3. The van der Waals surface area contributed by atoms with Gasteiger partial charge in [-0.15, -0.1) is 0 Å². The Bertz CT molecular complexity index is 800. The number of hydrogen-bond donors (Lipinski definition) is 0. The monoisotopic (exact) mass is 432 g/mol. The fourth-order valence-electron chi connectivity index (χ4n) is 8.85. The van der Waals surface area contributed by atoms with E-state index in [0.29, 0.717) is 31.5 Å². The van der Waals surface area contributed by atoms with E-state index in [1.807, 2.05) is 0 Å². The van der Waals surface area contributed by atoms with Crippen molar-refractivity contribution in [2.75, 3.05) is 13.2 Å². The summed E-state index contributed by atoms with van der Waals surface area (Å²) >= 11 is 0. The summed E-state index contributed by atoms with van der Waals surface area (Å²) in [7, 11) is 0. The lowest BCUT2D eigenvalue weighted by molar-refractivity contribution is -0.234. The molecule has 31 heavy (non-hydrogen) atoms. The molecule has 1 aliphatic heterocycles. The van der Waals surface area contributed by atoms with E-state index in [-0.39, 0.29) is 53.2 Å². The van der Waals surface area contributed by atoms with Crippen molar-refractivity contribution < 1.29 is 28.6 Å². The average Bonchev–Trinajstić information content (AvgIpc) is 3.26. The van der Waals surface area contributed by atoms with Gasteiger partial charge in [-0.1, -0.05) is 13.8 Å². The molecular weight excluding hydrogens is 396 g/mol. The first kappa shape index (κ1) is 21.6. The maximum absolute atomic E-state index is 13.8. The Morgan fingerprint density at radius 2 is 1.71 bits per heavy atom. The normalized spacial score (nSPS) is 48.1. The van der Waals surface area contributed by atoms with Crippen molar-refractivity contribution >= 4 is 17.5 Å². The number of fused-ring (bicyclic) bond motifs is 5. The highest BCUT2D eigenvalue weighted by Crippen LogP contribution is 2.68. The van der Waals surface area contributed by atoms with Crippen molar-refractivity contribution in [3.63, 3.8) is 0 Å². The highest BCUT2D eigenvalue weighted by Gasteiger charge is 2.68. The maximum atomic E-state index is 13.8. The van der Waals surface area contributed by atoms with Crippen LogP contribution in [0.25, 0.3) is 0 Å². The number of rotatable bonds is 2. The van der Waals surface area contributed by atoms with Crippen LogP contribution in [0.2, 0.25) is 0 Å². The van der Waals surface area contributed by atoms with E-state index in [9.17, 15) is 14.4 Å². The topological polar surface area (TPSA) is 78.9 Å². The van der Waals surface area contributed by atoms with E-state index in [4.69, 9.17) is 14.2 Å². The Hall–Kier alpha value is -1.27. The average molecular weight is 433 g/mol. The molecule has 5 aliphatic rings. The van der Waals surface area contributed by atoms with Gasteiger partial charge in [0.05, 0.1) is 19.6 Å². The molecule has 0 N–H and O–H groups in total. The molecule has 0 amide bonds. The summed E-state index contributed by atoms with van der Waals surface area (Å²) in [5.74, 6) is 0.296. The van der Waals surface area contributed by atoms with E-state index in [1.54, 1.807) is 6.92 Å². The van der Waals surface area contributed by atoms with Crippen LogP contribution in [0.1, 0.15) is 72.6 Å². The smallest absolute Gasteiger partial charge is 0.302 e.